The maximum atomic E-state index is 13.2. The topological polar surface area (TPSA) is 111 Å². The first-order valence-electron chi connectivity index (χ1n) is 9.60. The Labute approximate surface area is 186 Å². The first kappa shape index (κ1) is 21.1. The number of hydrogen-bond acceptors (Lipinski definition) is 7. The van der Waals surface area contributed by atoms with Crippen molar-refractivity contribution in [1.82, 2.24) is 9.55 Å². The first-order chi connectivity index (χ1) is 15.6. The molecule has 3 aromatic carbocycles. The van der Waals surface area contributed by atoms with Gasteiger partial charge in [0.2, 0.25) is 0 Å². The van der Waals surface area contributed by atoms with E-state index in [9.17, 15) is 14.9 Å². The molecule has 0 aliphatic rings. The molecule has 158 valence electrons. The van der Waals surface area contributed by atoms with Gasteiger partial charge in [0.15, 0.2) is 10.9 Å². The summed E-state index contributed by atoms with van der Waals surface area (Å²) in [5, 5.41) is 21.1. The molecule has 0 unspecified atom stereocenters. The molecule has 0 atom stereocenters. The number of para-hydroxylation sites is 3. The molecule has 0 aliphatic carbocycles. The summed E-state index contributed by atoms with van der Waals surface area (Å²) in [6, 6.07) is 22.0. The third-order valence-electron chi connectivity index (χ3n) is 4.63. The van der Waals surface area contributed by atoms with Gasteiger partial charge in [-0.25, -0.2) is 4.98 Å². The predicted molar refractivity (Wildman–Crippen MR) is 121 cm³/mol. The molecule has 0 fully saturated rings. The Balaban J connectivity index is 1.62. The summed E-state index contributed by atoms with van der Waals surface area (Å²) in [5.41, 5.74) is 1.33. The van der Waals surface area contributed by atoms with Crippen LogP contribution in [-0.4, -0.2) is 26.8 Å². The second-order valence-electron chi connectivity index (χ2n) is 6.63. The summed E-state index contributed by atoms with van der Waals surface area (Å²) in [6.45, 7) is 0.186. The summed E-state index contributed by atoms with van der Waals surface area (Å²) in [4.78, 5) is 28.5. The average Bonchev–Trinajstić information content (AvgIpc) is 2.82. The number of hydrogen-bond donors (Lipinski definition) is 0. The summed E-state index contributed by atoms with van der Waals surface area (Å²) in [6.07, 6.45) is 0. The minimum Gasteiger partial charge on any atom is -0.486 e. The first-order valence-corrected chi connectivity index (χ1v) is 10.6. The number of nitro benzene ring substituents is 1. The van der Waals surface area contributed by atoms with Crippen molar-refractivity contribution in [2.24, 2.45) is 0 Å². The van der Waals surface area contributed by atoms with E-state index in [0.717, 1.165) is 0 Å². The fourth-order valence-corrected chi connectivity index (χ4v) is 3.97. The van der Waals surface area contributed by atoms with Crippen LogP contribution in [0.2, 0.25) is 0 Å². The number of rotatable bonds is 7. The van der Waals surface area contributed by atoms with Gasteiger partial charge in [0.05, 0.1) is 39.8 Å². The normalized spacial score (nSPS) is 10.6. The Morgan fingerprint density at radius 3 is 2.53 bits per heavy atom. The van der Waals surface area contributed by atoms with Crippen LogP contribution < -0.4 is 10.3 Å². The van der Waals surface area contributed by atoms with E-state index in [1.54, 1.807) is 60.7 Å². The molecule has 0 bridgehead atoms. The quantitative estimate of drug-likeness (QED) is 0.137. The third kappa shape index (κ3) is 4.31. The molecule has 32 heavy (non-hydrogen) atoms. The molecular formula is C23H16N4O4S. The monoisotopic (exact) mass is 444 g/mol. The van der Waals surface area contributed by atoms with Gasteiger partial charge in [0.25, 0.3) is 5.56 Å². The molecule has 0 saturated heterocycles. The van der Waals surface area contributed by atoms with E-state index < -0.39 is 4.92 Å². The number of benzene rings is 3. The SMILES string of the molecule is N#Cc1ccc(-n2c(SCCOc3ccccc3[N+](=O)[O-])nc3ccccc3c2=O)cc1. The minimum atomic E-state index is -0.490. The molecule has 0 radical (unpaired) electrons. The predicted octanol–water partition coefficient (Wildman–Crippen LogP) is 4.34. The molecule has 1 aromatic heterocycles. The molecule has 4 rings (SSSR count). The fraction of sp³-hybridized carbons (Fsp3) is 0.0870. The smallest absolute Gasteiger partial charge is 0.310 e. The van der Waals surface area contributed by atoms with Gasteiger partial charge in [0, 0.05) is 11.8 Å². The van der Waals surface area contributed by atoms with Crippen molar-refractivity contribution in [3.8, 4) is 17.5 Å². The van der Waals surface area contributed by atoms with E-state index >= 15 is 0 Å². The summed E-state index contributed by atoms with van der Waals surface area (Å²) >= 11 is 1.31. The molecule has 0 N–H and O–H groups in total. The summed E-state index contributed by atoms with van der Waals surface area (Å²) in [7, 11) is 0. The van der Waals surface area contributed by atoms with E-state index in [1.165, 1.54) is 22.4 Å². The molecule has 0 spiro atoms. The molecular weight excluding hydrogens is 428 g/mol. The van der Waals surface area contributed by atoms with Crippen molar-refractivity contribution in [1.29, 1.82) is 5.26 Å². The second-order valence-corrected chi connectivity index (χ2v) is 7.69. The molecule has 4 aromatic rings. The van der Waals surface area contributed by atoms with Crippen LogP contribution in [0.15, 0.2) is 82.7 Å². The maximum Gasteiger partial charge on any atom is 0.310 e. The highest BCUT2D eigenvalue weighted by Gasteiger charge is 2.15. The van der Waals surface area contributed by atoms with E-state index in [4.69, 9.17) is 10.00 Å². The summed E-state index contributed by atoms with van der Waals surface area (Å²) in [5.74, 6) is 0.599. The second kappa shape index (κ2) is 9.32. The van der Waals surface area contributed by atoms with Crippen LogP contribution in [0, 0.1) is 21.4 Å². The highest BCUT2D eigenvalue weighted by Crippen LogP contribution is 2.27. The van der Waals surface area contributed by atoms with Gasteiger partial charge in [-0.1, -0.05) is 36.0 Å². The number of aromatic nitrogens is 2. The zero-order valence-electron chi connectivity index (χ0n) is 16.7. The van der Waals surface area contributed by atoms with E-state index in [-0.39, 0.29) is 23.6 Å². The van der Waals surface area contributed by atoms with Crippen LogP contribution in [0.1, 0.15) is 5.56 Å². The molecule has 1 heterocycles. The Hall–Kier alpha value is -4.16. The molecule has 0 aliphatic heterocycles. The van der Waals surface area contributed by atoms with E-state index in [0.29, 0.717) is 33.1 Å². The van der Waals surface area contributed by atoms with Gasteiger partial charge in [-0.3, -0.25) is 19.5 Å². The number of ether oxygens (including phenoxy) is 1. The average molecular weight is 444 g/mol. The van der Waals surface area contributed by atoms with E-state index in [2.05, 4.69) is 11.1 Å². The minimum absolute atomic E-state index is 0.101. The highest BCUT2D eigenvalue weighted by molar-refractivity contribution is 7.99. The maximum absolute atomic E-state index is 13.2. The van der Waals surface area contributed by atoms with Gasteiger partial charge in [0.1, 0.15) is 0 Å². The van der Waals surface area contributed by atoms with Crippen molar-refractivity contribution in [2.45, 2.75) is 5.16 Å². The van der Waals surface area contributed by atoms with Crippen molar-refractivity contribution in [3.63, 3.8) is 0 Å². The van der Waals surface area contributed by atoms with Crippen LogP contribution in [0.4, 0.5) is 5.69 Å². The number of fused-ring (bicyclic) bond motifs is 1. The van der Waals surface area contributed by atoms with Crippen LogP contribution in [0.5, 0.6) is 5.75 Å². The van der Waals surface area contributed by atoms with Gasteiger partial charge in [-0.05, 0) is 42.5 Å². The summed E-state index contributed by atoms with van der Waals surface area (Å²) < 4.78 is 7.10. The lowest BCUT2D eigenvalue weighted by Crippen LogP contribution is -2.22. The van der Waals surface area contributed by atoms with E-state index in [1.807, 2.05) is 6.07 Å². The van der Waals surface area contributed by atoms with Crippen LogP contribution in [0.25, 0.3) is 16.6 Å². The van der Waals surface area contributed by atoms with Gasteiger partial charge in [-0.2, -0.15) is 5.26 Å². The zero-order valence-corrected chi connectivity index (χ0v) is 17.5. The number of nitrogens with zero attached hydrogens (tertiary/aromatic N) is 4. The van der Waals surface area contributed by atoms with Crippen molar-refractivity contribution >= 4 is 28.4 Å². The highest BCUT2D eigenvalue weighted by atomic mass is 32.2. The number of thioether (sulfide) groups is 1. The Morgan fingerprint density at radius 1 is 1.06 bits per heavy atom. The molecule has 0 amide bonds. The molecule has 0 saturated carbocycles. The fourth-order valence-electron chi connectivity index (χ4n) is 3.14. The van der Waals surface area contributed by atoms with Gasteiger partial charge < -0.3 is 4.74 Å². The molecule has 8 nitrogen and oxygen atoms in total. The Bertz CT molecular complexity index is 1390. The number of nitro groups is 1. The van der Waals surface area contributed by atoms with Gasteiger partial charge in [-0.15, -0.1) is 0 Å². The van der Waals surface area contributed by atoms with Crippen molar-refractivity contribution < 1.29 is 9.66 Å². The Kier molecular flexibility index (Phi) is 6.14. The standard InChI is InChI=1S/C23H16N4O4S/c24-15-16-9-11-17(12-10-16)26-22(28)18-5-1-2-6-19(18)25-23(26)32-14-13-31-21-8-4-3-7-20(21)27(29)30/h1-12H,13-14H2. The zero-order chi connectivity index (χ0) is 22.5. The largest absolute Gasteiger partial charge is 0.486 e. The molecule has 9 heteroatoms. The van der Waals surface area contributed by atoms with Crippen LogP contribution in [-0.2, 0) is 0 Å². The van der Waals surface area contributed by atoms with Gasteiger partial charge >= 0.3 is 5.69 Å². The lowest BCUT2D eigenvalue weighted by molar-refractivity contribution is -0.385. The third-order valence-corrected chi connectivity index (χ3v) is 5.54. The number of nitriles is 1. The van der Waals surface area contributed by atoms with Crippen LogP contribution >= 0.6 is 11.8 Å². The lowest BCUT2D eigenvalue weighted by Gasteiger charge is -2.13. The lowest BCUT2D eigenvalue weighted by atomic mass is 10.2. The van der Waals surface area contributed by atoms with Crippen molar-refractivity contribution in [2.75, 3.05) is 12.4 Å². The van der Waals surface area contributed by atoms with Crippen LogP contribution in [0.3, 0.4) is 0 Å². The van der Waals surface area contributed by atoms with Crippen molar-refractivity contribution in [3.05, 3.63) is 98.8 Å². The Morgan fingerprint density at radius 2 is 1.78 bits per heavy atom.